The van der Waals surface area contributed by atoms with Crippen LogP contribution in [0.2, 0.25) is 0 Å². The zero-order valence-electron chi connectivity index (χ0n) is 9.99. The van der Waals surface area contributed by atoms with Crippen LogP contribution in [-0.4, -0.2) is 38.1 Å². The highest BCUT2D eigenvalue weighted by Crippen LogP contribution is 2.08. The lowest BCUT2D eigenvalue weighted by Crippen LogP contribution is -2.30. The van der Waals surface area contributed by atoms with Crippen molar-refractivity contribution >= 4 is 11.3 Å². The predicted molar refractivity (Wildman–Crippen MR) is 68.7 cm³/mol. The van der Waals surface area contributed by atoms with Gasteiger partial charge in [0.1, 0.15) is 0 Å². The highest BCUT2D eigenvalue weighted by atomic mass is 32.1. The van der Waals surface area contributed by atoms with Gasteiger partial charge >= 0.3 is 0 Å². The lowest BCUT2D eigenvalue weighted by atomic mass is 10.1. The van der Waals surface area contributed by atoms with Crippen LogP contribution in [0.3, 0.4) is 0 Å². The maximum Gasteiger partial charge on any atom is 0.00794 e. The normalized spacial score (nSPS) is 13.3. The Kier molecular flexibility index (Phi) is 5.91. The minimum atomic E-state index is 0.585. The van der Waals surface area contributed by atoms with E-state index in [0.29, 0.717) is 6.04 Å². The first-order valence-electron chi connectivity index (χ1n) is 5.57. The summed E-state index contributed by atoms with van der Waals surface area (Å²) in [5, 5.41) is 7.94. The van der Waals surface area contributed by atoms with Crippen LogP contribution in [0.4, 0.5) is 0 Å². The minimum Gasteiger partial charge on any atom is -0.314 e. The fourth-order valence-corrected chi connectivity index (χ4v) is 2.26. The average Bonchev–Trinajstić information content (AvgIpc) is 2.64. The van der Waals surface area contributed by atoms with E-state index in [4.69, 9.17) is 0 Å². The Balaban J connectivity index is 2.06. The largest absolute Gasteiger partial charge is 0.314 e. The van der Waals surface area contributed by atoms with Gasteiger partial charge in [-0.2, -0.15) is 11.3 Å². The van der Waals surface area contributed by atoms with Crippen molar-refractivity contribution in [3.63, 3.8) is 0 Å². The SMILES string of the molecule is CC(Cc1ccsc1)NCCCN(C)C. The van der Waals surface area contributed by atoms with Gasteiger partial charge in [0.05, 0.1) is 0 Å². The van der Waals surface area contributed by atoms with E-state index in [1.807, 2.05) is 0 Å². The summed E-state index contributed by atoms with van der Waals surface area (Å²) in [5.41, 5.74) is 1.45. The van der Waals surface area contributed by atoms with E-state index in [-0.39, 0.29) is 0 Å². The van der Waals surface area contributed by atoms with Gasteiger partial charge in [0.25, 0.3) is 0 Å². The molecule has 15 heavy (non-hydrogen) atoms. The Morgan fingerprint density at radius 3 is 2.87 bits per heavy atom. The molecule has 0 aliphatic heterocycles. The van der Waals surface area contributed by atoms with E-state index in [1.54, 1.807) is 11.3 Å². The third kappa shape index (κ3) is 5.92. The van der Waals surface area contributed by atoms with Crippen LogP contribution in [0.15, 0.2) is 16.8 Å². The van der Waals surface area contributed by atoms with Crippen LogP contribution in [0.25, 0.3) is 0 Å². The Bertz CT molecular complexity index is 244. The first-order chi connectivity index (χ1) is 7.18. The van der Waals surface area contributed by atoms with Crippen LogP contribution in [-0.2, 0) is 6.42 Å². The van der Waals surface area contributed by atoms with Crippen molar-refractivity contribution in [2.24, 2.45) is 0 Å². The summed E-state index contributed by atoms with van der Waals surface area (Å²) in [5.74, 6) is 0. The molecule has 0 spiro atoms. The van der Waals surface area contributed by atoms with Gasteiger partial charge in [-0.25, -0.2) is 0 Å². The number of nitrogens with zero attached hydrogens (tertiary/aromatic N) is 1. The maximum absolute atomic E-state index is 3.55. The monoisotopic (exact) mass is 226 g/mol. The molecule has 0 aromatic carbocycles. The molecule has 0 aliphatic rings. The molecule has 86 valence electrons. The van der Waals surface area contributed by atoms with Gasteiger partial charge in [-0.15, -0.1) is 0 Å². The molecule has 0 saturated carbocycles. The highest BCUT2D eigenvalue weighted by Gasteiger charge is 2.02. The van der Waals surface area contributed by atoms with Crippen molar-refractivity contribution in [1.82, 2.24) is 10.2 Å². The Morgan fingerprint density at radius 2 is 2.27 bits per heavy atom. The summed E-state index contributed by atoms with van der Waals surface area (Å²) in [4.78, 5) is 2.23. The second-order valence-corrected chi connectivity index (χ2v) is 5.13. The molecule has 0 radical (unpaired) electrons. The zero-order valence-corrected chi connectivity index (χ0v) is 10.8. The Labute approximate surface area is 97.3 Å². The predicted octanol–water partition coefficient (Wildman–Crippen LogP) is 2.22. The van der Waals surface area contributed by atoms with Gasteiger partial charge in [0.2, 0.25) is 0 Å². The fraction of sp³-hybridized carbons (Fsp3) is 0.667. The van der Waals surface area contributed by atoms with Crippen LogP contribution in [0, 0.1) is 0 Å². The first kappa shape index (κ1) is 12.7. The van der Waals surface area contributed by atoms with Gasteiger partial charge in [-0.3, -0.25) is 0 Å². The molecular weight excluding hydrogens is 204 g/mol. The molecule has 1 unspecified atom stereocenters. The van der Waals surface area contributed by atoms with Crippen molar-refractivity contribution in [1.29, 1.82) is 0 Å². The summed E-state index contributed by atoms with van der Waals surface area (Å²) in [6.07, 6.45) is 2.37. The number of thiophene rings is 1. The van der Waals surface area contributed by atoms with Gasteiger partial charge in [0, 0.05) is 6.04 Å². The molecule has 3 heteroatoms. The second-order valence-electron chi connectivity index (χ2n) is 4.35. The van der Waals surface area contributed by atoms with Crippen LogP contribution >= 0.6 is 11.3 Å². The first-order valence-corrected chi connectivity index (χ1v) is 6.52. The smallest absolute Gasteiger partial charge is 0.00794 e. The van der Waals surface area contributed by atoms with Crippen LogP contribution < -0.4 is 5.32 Å². The molecule has 1 atom stereocenters. The summed E-state index contributed by atoms with van der Waals surface area (Å²) < 4.78 is 0. The quantitative estimate of drug-likeness (QED) is 0.717. The fourth-order valence-electron chi connectivity index (χ4n) is 1.58. The lowest BCUT2D eigenvalue weighted by Gasteiger charge is -2.14. The lowest BCUT2D eigenvalue weighted by molar-refractivity contribution is 0.388. The molecule has 1 rings (SSSR count). The molecular formula is C12H22N2S. The van der Waals surface area contributed by atoms with Crippen molar-refractivity contribution in [2.45, 2.75) is 25.8 Å². The molecule has 0 amide bonds. The molecule has 0 saturated heterocycles. The molecule has 1 aromatic rings. The van der Waals surface area contributed by atoms with Crippen molar-refractivity contribution in [2.75, 3.05) is 27.2 Å². The second kappa shape index (κ2) is 6.99. The molecule has 2 nitrogen and oxygen atoms in total. The number of nitrogens with one attached hydrogen (secondary N) is 1. The van der Waals surface area contributed by atoms with Gasteiger partial charge in [-0.1, -0.05) is 0 Å². The van der Waals surface area contributed by atoms with E-state index in [1.165, 1.54) is 12.0 Å². The minimum absolute atomic E-state index is 0.585. The molecule has 1 heterocycles. The summed E-state index contributed by atoms with van der Waals surface area (Å²) in [7, 11) is 4.24. The Morgan fingerprint density at radius 1 is 1.47 bits per heavy atom. The van der Waals surface area contributed by atoms with E-state index < -0.39 is 0 Å². The van der Waals surface area contributed by atoms with E-state index >= 15 is 0 Å². The van der Waals surface area contributed by atoms with Crippen LogP contribution in [0.5, 0.6) is 0 Å². The van der Waals surface area contributed by atoms with E-state index in [2.05, 4.69) is 48.1 Å². The zero-order chi connectivity index (χ0) is 11.1. The number of hydrogen-bond donors (Lipinski definition) is 1. The molecule has 0 aliphatic carbocycles. The summed E-state index contributed by atoms with van der Waals surface area (Å²) in [6, 6.07) is 2.80. The van der Waals surface area contributed by atoms with Crippen LogP contribution in [0.1, 0.15) is 18.9 Å². The van der Waals surface area contributed by atoms with E-state index in [0.717, 1.165) is 19.5 Å². The van der Waals surface area contributed by atoms with Gasteiger partial charge in [-0.05, 0) is 69.3 Å². The number of rotatable bonds is 7. The molecule has 0 fully saturated rings. The standard InChI is InChI=1S/C12H22N2S/c1-11(9-12-5-8-15-10-12)13-6-4-7-14(2)3/h5,8,10-11,13H,4,6-7,9H2,1-3H3. The van der Waals surface area contributed by atoms with Gasteiger partial charge < -0.3 is 10.2 Å². The Hall–Kier alpha value is -0.380. The third-order valence-electron chi connectivity index (χ3n) is 2.40. The average molecular weight is 226 g/mol. The summed E-state index contributed by atoms with van der Waals surface area (Å²) >= 11 is 1.78. The molecule has 1 aromatic heterocycles. The topological polar surface area (TPSA) is 15.3 Å². The number of hydrogen-bond acceptors (Lipinski definition) is 3. The highest BCUT2D eigenvalue weighted by molar-refractivity contribution is 7.07. The van der Waals surface area contributed by atoms with Gasteiger partial charge in [0.15, 0.2) is 0 Å². The van der Waals surface area contributed by atoms with Crippen molar-refractivity contribution in [3.05, 3.63) is 22.4 Å². The van der Waals surface area contributed by atoms with Crippen molar-refractivity contribution < 1.29 is 0 Å². The summed E-state index contributed by atoms with van der Waals surface area (Å²) in [6.45, 7) is 4.54. The third-order valence-corrected chi connectivity index (χ3v) is 3.13. The van der Waals surface area contributed by atoms with E-state index in [9.17, 15) is 0 Å². The van der Waals surface area contributed by atoms with Crippen molar-refractivity contribution in [3.8, 4) is 0 Å². The molecule has 0 bridgehead atoms. The molecule has 1 N–H and O–H groups in total. The maximum atomic E-state index is 3.55.